The predicted octanol–water partition coefficient (Wildman–Crippen LogP) is 2.75. The summed E-state index contributed by atoms with van der Waals surface area (Å²) in [7, 11) is 0. The first-order valence-electron chi connectivity index (χ1n) is 9.10. The van der Waals surface area contributed by atoms with Crippen LogP contribution < -0.4 is 0 Å². The lowest BCUT2D eigenvalue weighted by molar-refractivity contribution is -0.132. The number of carbonyl (C=O) groups excluding carboxylic acids is 2. The van der Waals surface area contributed by atoms with Crippen LogP contribution in [0.1, 0.15) is 37.0 Å². The van der Waals surface area contributed by atoms with Gasteiger partial charge in [-0.1, -0.05) is 25.4 Å². The molecule has 0 unspecified atom stereocenters. The molecule has 1 fully saturated rings. The first kappa shape index (κ1) is 19.7. The fourth-order valence-corrected chi connectivity index (χ4v) is 3.20. The molecule has 0 N–H and O–H groups in total. The van der Waals surface area contributed by atoms with Gasteiger partial charge in [0.1, 0.15) is 0 Å². The number of rotatable bonds is 7. The standard InChI is InChI=1S/C19H28ClN3O2/c1-3-9-22(10-4-2)18(24)15-21-11-13-23(14-12-21)19(25)16-5-7-17(20)8-6-16/h5-8H,3-4,9-15H2,1-2H3. The van der Waals surface area contributed by atoms with Gasteiger partial charge in [-0.3, -0.25) is 14.5 Å². The molecule has 1 aliphatic heterocycles. The normalized spacial score (nSPS) is 15.2. The van der Waals surface area contributed by atoms with E-state index in [9.17, 15) is 9.59 Å². The number of amides is 2. The van der Waals surface area contributed by atoms with Crippen LogP contribution >= 0.6 is 11.6 Å². The Labute approximate surface area is 155 Å². The van der Waals surface area contributed by atoms with Gasteiger partial charge in [-0.15, -0.1) is 0 Å². The fraction of sp³-hybridized carbons (Fsp3) is 0.579. The van der Waals surface area contributed by atoms with E-state index in [1.807, 2.05) is 9.80 Å². The summed E-state index contributed by atoms with van der Waals surface area (Å²) in [4.78, 5) is 30.9. The van der Waals surface area contributed by atoms with Gasteiger partial charge in [0.2, 0.25) is 5.91 Å². The summed E-state index contributed by atoms with van der Waals surface area (Å²) >= 11 is 5.87. The molecule has 25 heavy (non-hydrogen) atoms. The Morgan fingerprint density at radius 3 is 2.08 bits per heavy atom. The maximum Gasteiger partial charge on any atom is 0.253 e. The Balaban J connectivity index is 1.83. The Morgan fingerprint density at radius 1 is 1.00 bits per heavy atom. The van der Waals surface area contributed by atoms with E-state index in [0.29, 0.717) is 30.2 Å². The van der Waals surface area contributed by atoms with Crippen molar-refractivity contribution in [1.29, 1.82) is 0 Å². The SMILES string of the molecule is CCCN(CCC)C(=O)CN1CCN(C(=O)c2ccc(Cl)cc2)CC1. The summed E-state index contributed by atoms with van der Waals surface area (Å²) in [5.41, 5.74) is 0.658. The van der Waals surface area contributed by atoms with Crippen LogP contribution in [0, 0.1) is 0 Å². The van der Waals surface area contributed by atoms with Gasteiger partial charge in [0.15, 0.2) is 0 Å². The number of halogens is 1. The lowest BCUT2D eigenvalue weighted by atomic mass is 10.2. The van der Waals surface area contributed by atoms with Crippen LogP contribution in [0.3, 0.4) is 0 Å². The summed E-state index contributed by atoms with van der Waals surface area (Å²) in [6.45, 7) is 9.04. The zero-order chi connectivity index (χ0) is 18.2. The van der Waals surface area contributed by atoms with Crippen molar-refractivity contribution >= 4 is 23.4 Å². The van der Waals surface area contributed by atoms with Crippen molar-refractivity contribution in [2.75, 3.05) is 45.8 Å². The minimum Gasteiger partial charge on any atom is -0.342 e. The van der Waals surface area contributed by atoms with Crippen LogP contribution in [-0.2, 0) is 4.79 Å². The third-order valence-electron chi connectivity index (χ3n) is 4.45. The Hall–Kier alpha value is -1.59. The zero-order valence-corrected chi connectivity index (χ0v) is 16.0. The molecule has 2 rings (SSSR count). The average molecular weight is 366 g/mol. The maximum absolute atomic E-state index is 12.5. The summed E-state index contributed by atoms with van der Waals surface area (Å²) in [6, 6.07) is 6.99. The van der Waals surface area contributed by atoms with E-state index in [-0.39, 0.29) is 11.8 Å². The second-order valence-electron chi connectivity index (χ2n) is 6.46. The van der Waals surface area contributed by atoms with Crippen molar-refractivity contribution in [3.63, 3.8) is 0 Å². The van der Waals surface area contributed by atoms with Crippen molar-refractivity contribution in [2.45, 2.75) is 26.7 Å². The Bertz CT molecular complexity index is 563. The highest BCUT2D eigenvalue weighted by Crippen LogP contribution is 2.13. The van der Waals surface area contributed by atoms with Gasteiger partial charge in [-0.05, 0) is 37.1 Å². The fourth-order valence-electron chi connectivity index (χ4n) is 3.08. The molecule has 0 atom stereocenters. The van der Waals surface area contributed by atoms with Gasteiger partial charge >= 0.3 is 0 Å². The number of carbonyl (C=O) groups is 2. The summed E-state index contributed by atoms with van der Waals surface area (Å²) in [5, 5.41) is 0.628. The van der Waals surface area contributed by atoms with Crippen molar-refractivity contribution in [3.8, 4) is 0 Å². The molecule has 0 spiro atoms. The van der Waals surface area contributed by atoms with E-state index >= 15 is 0 Å². The maximum atomic E-state index is 12.5. The predicted molar refractivity (Wildman–Crippen MR) is 101 cm³/mol. The largest absolute Gasteiger partial charge is 0.342 e. The molecule has 1 aromatic carbocycles. The van der Waals surface area contributed by atoms with E-state index in [4.69, 9.17) is 11.6 Å². The minimum absolute atomic E-state index is 0.0289. The third kappa shape index (κ3) is 5.72. The van der Waals surface area contributed by atoms with Gasteiger partial charge in [-0.25, -0.2) is 0 Å². The first-order chi connectivity index (χ1) is 12.0. The van der Waals surface area contributed by atoms with E-state index < -0.39 is 0 Å². The van der Waals surface area contributed by atoms with Gasteiger partial charge in [-0.2, -0.15) is 0 Å². The van der Waals surface area contributed by atoms with Gasteiger partial charge in [0.25, 0.3) is 5.91 Å². The highest BCUT2D eigenvalue weighted by atomic mass is 35.5. The van der Waals surface area contributed by atoms with Crippen LogP contribution in [-0.4, -0.2) is 72.3 Å². The molecule has 1 aliphatic rings. The van der Waals surface area contributed by atoms with Gasteiger partial charge < -0.3 is 9.80 Å². The number of piperazine rings is 1. The molecule has 0 bridgehead atoms. The van der Waals surface area contributed by atoms with Crippen molar-refractivity contribution in [1.82, 2.24) is 14.7 Å². The molecule has 1 aromatic rings. The summed E-state index contributed by atoms with van der Waals surface area (Å²) in [5.74, 6) is 0.224. The topological polar surface area (TPSA) is 43.9 Å². The molecule has 0 saturated carbocycles. The second-order valence-corrected chi connectivity index (χ2v) is 6.89. The lowest BCUT2D eigenvalue weighted by Gasteiger charge is -2.35. The molecule has 2 amide bonds. The highest BCUT2D eigenvalue weighted by Gasteiger charge is 2.24. The quantitative estimate of drug-likeness (QED) is 0.746. The monoisotopic (exact) mass is 365 g/mol. The Kier molecular flexibility index (Phi) is 7.72. The number of benzene rings is 1. The van der Waals surface area contributed by atoms with Gasteiger partial charge in [0.05, 0.1) is 6.54 Å². The van der Waals surface area contributed by atoms with Crippen molar-refractivity contribution in [3.05, 3.63) is 34.9 Å². The molecular weight excluding hydrogens is 338 g/mol. The molecule has 1 saturated heterocycles. The number of nitrogens with zero attached hydrogens (tertiary/aromatic N) is 3. The van der Waals surface area contributed by atoms with Crippen LogP contribution in [0.15, 0.2) is 24.3 Å². The molecule has 0 radical (unpaired) electrons. The average Bonchev–Trinajstić information content (AvgIpc) is 2.62. The molecule has 1 heterocycles. The molecule has 5 nitrogen and oxygen atoms in total. The molecule has 6 heteroatoms. The smallest absolute Gasteiger partial charge is 0.253 e. The molecule has 138 valence electrons. The van der Waals surface area contributed by atoms with E-state index in [1.54, 1.807) is 24.3 Å². The zero-order valence-electron chi connectivity index (χ0n) is 15.2. The van der Waals surface area contributed by atoms with Gasteiger partial charge in [0, 0.05) is 49.9 Å². The van der Waals surface area contributed by atoms with Crippen LogP contribution in [0.2, 0.25) is 5.02 Å². The third-order valence-corrected chi connectivity index (χ3v) is 4.70. The molecule has 0 aromatic heterocycles. The first-order valence-corrected chi connectivity index (χ1v) is 9.48. The van der Waals surface area contributed by atoms with E-state index in [0.717, 1.165) is 39.0 Å². The summed E-state index contributed by atoms with van der Waals surface area (Å²) < 4.78 is 0. The lowest BCUT2D eigenvalue weighted by Crippen LogP contribution is -2.51. The van der Waals surface area contributed by atoms with Crippen LogP contribution in [0.25, 0.3) is 0 Å². The number of hydrogen-bond donors (Lipinski definition) is 0. The van der Waals surface area contributed by atoms with Crippen molar-refractivity contribution in [2.24, 2.45) is 0 Å². The number of hydrogen-bond acceptors (Lipinski definition) is 3. The molecular formula is C19H28ClN3O2. The molecule has 0 aliphatic carbocycles. The van der Waals surface area contributed by atoms with Crippen LogP contribution in [0.5, 0.6) is 0 Å². The van der Waals surface area contributed by atoms with Crippen LogP contribution in [0.4, 0.5) is 0 Å². The van der Waals surface area contributed by atoms with E-state index in [2.05, 4.69) is 18.7 Å². The Morgan fingerprint density at radius 2 is 1.56 bits per heavy atom. The second kappa shape index (κ2) is 9.78. The van der Waals surface area contributed by atoms with Crippen molar-refractivity contribution < 1.29 is 9.59 Å². The summed E-state index contributed by atoms with van der Waals surface area (Å²) in [6.07, 6.45) is 1.96. The minimum atomic E-state index is 0.0289. The highest BCUT2D eigenvalue weighted by molar-refractivity contribution is 6.30. The van der Waals surface area contributed by atoms with E-state index in [1.165, 1.54) is 0 Å².